The second kappa shape index (κ2) is 4.18. The molecule has 1 saturated heterocycles. The van der Waals surface area contributed by atoms with E-state index in [0.29, 0.717) is 16.7 Å². The second-order valence-corrected chi connectivity index (χ2v) is 4.42. The monoisotopic (exact) mass is 251 g/mol. The Bertz CT molecular complexity index is 518. The molecule has 2 aromatic heterocycles. The van der Waals surface area contributed by atoms with Crippen molar-refractivity contribution >= 4 is 22.4 Å². The Morgan fingerprint density at radius 3 is 3.12 bits per heavy atom. The lowest BCUT2D eigenvalue weighted by Gasteiger charge is -2.26. The van der Waals surface area contributed by atoms with Crippen LogP contribution in [0.15, 0.2) is 12.4 Å². The van der Waals surface area contributed by atoms with Crippen LogP contribution < -0.4 is 10.6 Å². The predicted molar refractivity (Wildman–Crippen MR) is 59.8 cm³/mol. The molecule has 17 heavy (non-hydrogen) atoms. The first-order valence-electron chi connectivity index (χ1n) is 5.04. The molecule has 2 aromatic rings. The van der Waals surface area contributed by atoms with Gasteiger partial charge in [-0.3, -0.25) is 4.79 Å². The van der Waals surface area contributed by atoms with Crippen LogP contribution in [0.3, 0.4) is 0 Å². The minimum Gasteiger partial charge on any atom is -0.312 e. The van der Waals surface area contributed by atoms with Crippen LogP contribution in [-0.2, 0) is 0 Å². The molecule has 8 nitrogen and oxygen atoms in total. The Labute approximate surface area is 100 Å². The van der Waals surface area contributed by atoms with E-state index in [4.69, 9.17) is 0 Å². The summed E-state index contributed by atoms with van der Waals surface area (Å²) in [4.78, 5) is 11.8. The van der Waals surface area contributed by atoms with E-state index < -0.39 is 0 Å². The summed E-state index contributed by atoms with van der Waals surface area (Å²) in [6.07, 6.45) is 3.14. The van der Waals surface area contributed by atoms with Gasteiger partial charge in [0.15, 0.2) is 5.69 Å². The molecular weight excluding hydrogens is 242 g/mol. The fourth-order valence-corrected chi connectivity index (χ4v) is 1.83. The van der Waals surface area contributed by atoms with Crippen molar-refractivity contribution < 1.29 is 4.79 Å². The Hall–Kier alpha value is -1.87. The number of hydrogen-bond acceptors (Lipinski definition) is 7. The van der Waals surface area contributed by atoms with Crippen molar-refractivity contribution in [1.29, 1.82) is 0 Å². The molecule has 1 aliphatic heterocycles. The van der Waals surface area contributed by atoms with E-state index in [1.807, 2.05) is 0 Å². The van der Waals surface area contributed by atoms with Crippen LogP contribution in [0.4, 0.5) is 5.00 Å². The zero-order valence-corrected chi connectivity index (χ0v) is 9.52. The highest BCUT2D eigenvalue weighted by atomic mass is 32.1. The highest BCUT2D eigenvalue weighted by molar-refractivity contribution is 7.10. The average Bonchev–Trinajstić information content (AvgIpc) is 2.85. The van der Waals surface area contributed by atoms with Gasteiger partial charge in [0.25, 0.3) is 5.91 Å². The molecule has 3 rings (SSSR count). The van der Waals surface area contributed by atoms with Crippen molar-refractivity contribution in [1.82, 2.24) is 29.9 Å². The van der Waals surface area contributed by atoms with Gasteiger partial charge in [-0.2, -0.15) is 0 Å². The van der Waals surface area contributed by atoms with E-state index in [9.17, 15) is 4.79 Å². The smallest absolute Gasteiger partial charge is 0.278 e. The van der Waals surface area contributed by atoms with Gasteiger partial charge in [-0.25, -0.2) is 4.68 Å². The van der Waals surface area contributed by atoms with Crippen LogP contribution in [0.5, 0.6) is 0 Å². The van der Waals surface area contributed by atoms with E-state index in [2.05, 4.69) is 30.5 Å². The summed E-state index contributed by atoms with van der Waals surface area (Å²) in [5.74, 6) is -0.297. The summed E-state index contributed by atoms with van der Waals surface area (Å²) in [7, 11) is 0. The molecule has 88 valence electrons. The molecule has 9 heteroatoms. The average molecular weight is 251 g/mol. The van der Waals surface area contributed by atoms with Gasteiger partial charge in [0.2, 0.25) is 0 Å². The first-order valence-corrected chi connectivity index (χ1v) is 5.81. The Balaban J connectivity index is 1.70. The predicted octanol–water partition coefficient (Wildman–Crippen LogP) is -0.474. The third kappa shape index (κ3) is 2.01. The van der Waals surface area contributed by atoms with Crippen LogP contribution in [0.2, 0.25) is 0 Å². The van der Waals surface area contributed by atoms with Gasteiger partial charge in [-0.05, 0) is 0 Å². The highest BCUT2D eigenvalue weighted by Gasteiger charge is 2.21. The lowest BCUT2D eigenvalue weighted by molar-refractivity contribution is 0.102. The molecule has 0 aromatic carbocycles. The first-order chi connectivity index (χ1) is 8.33. The molecule has 0 bridgehead atoms. The van der Waals surface area contributed by atoms with E-state index >= 15 is 0 Å². The van der Waals surface area contributed by atoms with Gasteiger partial charge in [-0.1, -0.05) is 9.70 Å². The van der Waals surface area contributed by atoms with Crippen molar-refractivity contribution in [3.8, 4) is 0 Å². The van der Waals surface area contributed by atoms with Gasteiger partial charge in [-0.15, -0.1) is 10.2 Å². The number of aromatic nitrogens is 5. The minimum atomic E-state index is -0.297. The van der Waals surface area contributed by atoms with Gasteiger partial charge < -0.3 is 10.6 Å². The molecule has 2 N–H and O–H groups in total. The van der Waals surface area contributed by atoms with Crippen LogP contribution in [0.1, 0.15) is 16.5 Å². The standard InChI is InChI=1S/C8H9N7OS/c16-8(11-7-3-10-14-17-7)6-4-15(13-12-6)5-1-9-2-5/h3-5,9H,1-2H2,(H,11,16). The van der Waals surface area contributed by atoms with E-state index in [1.165, 1.54) is 6.20 Å². The number of hydrogen-bond donors (Lipinski definition) is 2. The minimum absolute atomic E-state index is 0.297. The normalized spacial score (nSPS) is 15.5. The molecule has 0 radical (unpaired) electrons. The fraction of sp³-hybridized carbons (Fsp3) is 0.375. The third-order valence-corrected chi connectivity index (χ3v) is 3.06. The zero-order valence-electron chi connectivity index (χ0n) is 8.70. The Kier molecular flexibility index (Phi) is 2.53. The Morgan fingerprint density at radius 2 is 2.47 bits per heavy atom. The number of nitrogens with zero attached hydrogens (tertiary/aromatic N) is 5. The molecule has 0 spiro atoms. The van der Waals surface area contributed by atoms with Gasteiger partial charge in [0.05, 0.1) is 18.4 Å². The number of carbonyl (C=O) groups is 1. The van der Waals surface area contributed by atoms with Crippen LogP contribution >= 0.6 is 11.5 Å². The van der Waals surface area contributed by atoms with Crippen LogP contribution in [0.25, 0.3) is 0 Å². The number of carbonyl (C=O) groups excluding carboxylic acids is 1. The molecule has 0 unspecified atom stereocenters. The van der Waals surface area contributed by atoms with Crippen molar-refractivity contribution in [3.63, 3.8) is 0 Å². The summed E-state index contributed by atoms with van der Waals surface area (Å²) in [6, 6.07) is 0.300. The fourth-order valence-electron chi connectivity index (χ4n) is 1.42. The zero-order chi connectivity index (χ0) is 11.7. The lowest BCUT2D eigenvalue weighted by Crippen LogP contribution is -2.43. The summed E-state index contributed by atoms with van der Waals surface area (Å²) >= 11 is 1.12. The molecule has 0 atom stereocenters. The molecule has 1 fully saturated rings. The maximum absolute atomic E-state index is 11.8. The Morgan fingerprint density at radius 1 is 1.59 bits per heavy atom. The van der Waals surface area contributed by atoms with Gasteiger partial charge in [0, 0.05) is 24.6 Å². The van der Waals surface area contributed by atoms with Crippen molar-refractivity contribution in [3.05, 3.63) is 18.1 Å². The molecule has 1 amide bonds. The summed E-state index contributed by atoms with van der Waals surface area (Å²) < 4.78 is 5.36. The number of amides is 1. The van der Waals surface area contributed by atoms with E-state index in [0.717, 1.165) is 24.6 Å². The van der Waals surface area contributed by atoms with Gasteiger partial charge in [0.1, 0.15) is 5.00 Å². The summed E-state index contributed by atoms with van der Waals surface area (Å²) in [5, 5.41) is 17.8. The number of nitrogens with one attached hydrogen (secondary N) is 2. The van der Waals surface area contributed by atoms with Crippen molar-refractivity contribution in [2.75, 3.05) is 18.4 Å². The molecule has 3 heterocycles. The lowest BCUT2D eigenvalue weighted by atomic mass is 10.2. The quantitative estimate of drug-likeness (QED) is 0.765. The van der Waals surface area contributed by atoms with Crippen molar-refractivity contribution in [2.45, 2.75) is 6.04 Å². The molecular formula is C8H9N7OS. The van der Waals surface area contributed by atoms with E-state index in [-0.39, 0.29) is 5.91 Å². The summed E-state index contributed by atoms with van der Waals surface area (Å²) in [6.45, 7) is 1.73. The largest absolute Gasteiger partial charge is 0.312 e. The summed E-state index contributed by atoms with van der Waals surface area (Å²) in [5.41, 5.74) is 0.297. The molecule has 0 saturated carbocycles. The highest BCUT2D eigenvalue weighted by Crippen LogP contribution is 2.12. The topological polar surface area (TPSA) is 97.6 Å². The maximum Gasteiger partial charge on any atom is 0.278 e. The third-order valence-electron chi connectivity index (χ3n) is 2.48. The maximum atomic E-state index is 11.8. The number of rotatable bonds is 3. The second-order valence-electron chi connectivity index (χ2n) is 3.63. The van der Waals surface area contributed by atoms with Crippen LogP contribution in [-0.4, -0.2) is 43.6 Å². The molecule has 0 aliphatic carbocycles. The first kappa shape index (κ1) is 10.3. The van der Waals surface area contributed by atoms with Crippen LogP contribution in [0, 0.1) is 0 Å². The van der Waals surface area contributed by atoms with Crippen molar-refractivity contribution in [2.24, 2.45) is 0 Å². The van der Waals surface area contributed by atoms with E-state index in [1.54, 1.807) is 10.9 Å². The van der Waals surface area contributed by atoms with Gasteiger partial charge >= 0.3 is 0 Å². The number of anilines is 1. The SMILES string of the molecule is O=C(Nc1cnns1)c1cn(C2CNC2)nn1. The molecule has 1 aliphatic rings.